The van der Waals surface area contributed by atoms with Gasteiger partial charge in [-0.2, -0.15) is 4.98 Å². The molecule has 0 bridgehead atoms. The third-order valence-corrected chi connectivity index (χ3v) is 3.22. The zero-order valence-corrected chi connectivity index (χ0v) is 10.8. The van der Waals surface area contributed by atoms with Crippen LogP contribution in [0.1, 0.15) is 5.89 Å². The zero-order valence-electron chi connectivity index (χ0n) is 10.0. The van der Waals surface area contributed by atoms with Crippen LogP contribution in [0.5, 0.6) is 0 Å². The highest BCUT2D eigenvalue weighted by molar-refractivity contribution is 7.13. The van der Waals surface area contributed by atoms with E-state index in [2.05, 4.69) is 20.4 Å². The van der Waals surface area contributed by atoms with Gasteiger partial charge in [0.1, 0.15) is 0 Å². The Kier molecular flexibility index (Phi) is 4.24. The number of hydrogen-bond acceptors (Lipinski definition) is 6. The van der Waals surface area contributed by atoms with Gasteiger partial charge in [0.2, 0.25) is 11.7 Å². The van der Waals surface area contributed by atoms with Crippen LogP contribution in [0.3, 0.4) is 0 Å². The number of aromatic nitrogens is 2. The number of nitrogens with zero attached hydrogens (tertiary/aromatic N) is 3. The second-order valence-corrected chi connectivity index (χ2v) is 4.78. The molecule has 17 heavy (non-hydrogen) atoms. The standard InChI is InChI=1S/C11H16N4OS/c1-12-5-6-15(2)8-10-13-11(14-16-10)9-4-3-7-17-9/h3-4,7,12H,5-6,8H2,1-2H3. The minimum atomic E-state index is 0.659. The predicted octanol–water partition coefficient (Wildman–Crippen LogP) is 1.45. The molecule has 2 aromatic heterocycles. The van der Waals surface area contributed by atoms with Crippen LogP contribution in [0.25, 0.3) is 10.7 Å². The molecule has 0 aliphatic heterocycles. The monoisotopic (exact) mass is 252 g/mol. The molecule has 0 unspecified atom stereocenters. The molecule has 0 aromatic carbocycles. The van der Waals surface area contributed by atoms with Crippen molar-refractivity contribution >= 4 is 11.3 Å². The molecular weight excluding hydrogens is 236 g/mol. The Morgan fingerprint density at radius 2 is 2.41 bits per heavy atom. The number of hydrogen-bond donors (Lipinski definition) is 1. The average molecular weight is 252 g/mol. The Labute approximate surface area is 104 Å². The molecule has 2 rings (SSSR count). The van der Waals surface area contributed by atoms with Crippen LogP contribution in [0.4, 0.5) is 0 Å². The topological polar surface area (TPSA) is 54.2 Å². The maximum Gasteiger partial charge on any atom is 0.241 e. The fourth-order valence-electron chi connectivity index (χ4n) is 1.44. The van der Waals surface area contributed by atoms with Crippen molar-refractivity contribution in [3.05, 3.63) is 23.4 Å². The van der Waals surface area contributed by atoms with E-state index in [0.717, 1.165) is 18.0 Å². The Bertz CT molecular complexity index is 440. The van der Waals surface area contributed by atoms with Crippen molar-refractivity contribution in [3.8, 4) is 10.7 Å². The summed E-state index contributed by atoms with van der Waals surface area (Å²) in [5.41, 5.74) is 0. The maximum atomic E-state index is 5.22. The fraction of sp³-hybridized carbons (Fsp3) is 0.455. The van der Waals surface area contributed by atoms with Crippen LogP contribution in [0.15, 0.2) is 22.0 Å². The van der Waals surface area contributed by atoms with Crippen LogP contribution in [-0.2, 0) is 6.54 Å². The van der Waals surface area contributed by atoms with Crippen LogP contribution >= 0.6 is 11.3 Å². The molecule has 0 aliphatic carbocycles. The van der Waals surface area contributed by atoms with Gasteiger partial charge in [0.15, 0.2) is 0 Å². The van der Waals surface area contributed by atoms with Crippen molar-refractivity contribution in [2.75, 3.05) is 27.2 Å². The normalized spacial score (nSPS) is 11.2. The molecule has 6 heteroatoms. The number of nitrogens with one attached hydrogen (secondary N) is 1. The minimum Gasteiger partial charge on any atom is -0.338 e. The Morgan fingerprint density at radius 3 is 3.12 bits per heavy atom. The Balaban J connectivity index is 1.94. The lowest BCUT2D eigenvalue weighted by Gasteiger charge is -2.12. The van der Waals surface area contributed by atoms with Crippen LogP contribution in [0.2, 0.25) is 0 Å². The first kappa shape index (κ1) is 12.2. The van der Waals surface area contributed by atoms with Crippen molar-refractivity contribution in [2.24, 2.45) is 0 Å². The van der Waals surface area contributed by atoms with Gasteiger partial charge in [-0.1, -0.05) is 11.2 Å². The molecule has 0 saturated heterocycles. The van der Waals surface area contributed by atoms with Gasteiger partial charge >= 0.3 is 0 Å². The Morgan fingerprint density at radius 1 is 1.53 bits per heavy atom. The molecule has 1 N–H and O–H groups in total. The van der Waals surface area contributed by atoms with Gasteiger partial charge in [-0.15, -0.1) is 11.3 Å². The lowest BCUT2D eigenvalue weighted by Crippen LogP contribution is -2.27. The molecular formula is C11H16N4OS. The van der Waals surface area contributed by atoms with Gasteiger partial charge in [0.25, 0.3) is 0 Å². The Hall–Kier alpha value is -1.24. The largest absolute Gasteiger partial charge is 0.338 e. The highest BCUT2D eigenvalue weighted by atomic mass is 32.1. The van der Waals surface area contributed by atoms with E-state index in [4.69, 9.17) is 4.52 Å². The van der Waals surface area contributed by atoms with Crippen LogP contribution < -0.4 is 5.32 Å². The lowest BCUT2D eigenvalue weighted by atomic mass is 10.4. The van der Waals surface area contributed by atoms with Gasteiger partial charge in [-0.3, -0.25) is 4.90 Å². The molecule has 0 atom stereocenters. The highest BCUT2D eigenvalue weighted by Gasteiger charge is 2.10. The van der Waals surface area contributed by atoms with Crippen molar-refractivity contribution in [1.82, 2.24) is 20.4 Å². The second kappa shape index (κ2) is 5.90. The molecule has 0 aliphatic rings. The van der Waals surface area contributed by atoms with Gasteiger partial charge in [0, 0.05) is 13.1 Å². The van der Waals surface area contributed by atoms with Gasteiger partial charge in [-0.25, -0.2) is 0 Å². The van der Waals surface area contributed by atoms with E-state index in [-0.39, 0.29) is 0 Å². The summed E-state index contributed by atoms with van der Waals surface area (Å²) in [7, 11) is 3.97. The summed E-state index contributed by atoms with van der Waals surface area (Å²) in [5, 5.41) is 9.08. The first-order valence-corrected chi connectivity index (χ1v) is 6.37. The third-order valence-electron chi connectivity index (χ3n) is 2.36. The van der Waals surface area contributed by atoms with Crippen molar-refractivity contribution < 1.29 is 4.52 Å². The number of rotatable bonds is 6. The predicted molar refractivity (Wildman–Crippen MR) is 67.9 cm³/mol. The van der Waals surface area contributed by atoms with Crippen LogP contribution in [-0.4, -0.2) is 42.2 Å². The van der Waals surface area contributed by atoms with E-state index in [9.17, 15) is 0 Å². The molecule has 2 aromatic rings. The van der Waals surface area contributed by atoms with E-state index >= 15 is 0 Å². The van der Waals surface area contributed by atoms with Crippen LogP contribution in [0, 0.1) is 0 Å². The quantitative estimate of drug-likeness (QED) is 0.843. The first-order valence-electron chi connectivity index (χ1n) is 5.49. The zero-order chi connectivity index (χ0) is 12.1. The molecule has 0 spiro atoms. The maximum absolute atomic E-state index is 5.22. The summed E-state index contributed by atoms with van der Waals surface area (Å²) in [5.74, 6) is 1.34. The van der Waals surface area contributed by atoms with E-state index in [1.165, 1.54) is 0 Å². The summed E-state index contributed by atoms with van der Waals surface area (Å²) < 4.78 is 5.22. The van der Waals surface area contributed by atoms with E-state index in [1.54, 1.807) is 11.3 Å². The summed E-state index contributed by atoms with van der Waals surface area (Å²) >= 11 is 1.61. The number of likely N-dealkylation sites (N-methyl/N-ethyl adjacent to an activating group) is 2. The summed E-state index contributed by atoms with van der Waals surface area (Å²) in [6.07, 6.45) is 0. The highest BCUT2D eigenvalue weighted by Crippen LogP contribution is 2.21. The fourth-order valence-corrected chi connectivity index (χ4v) is 2.09. The molecule has 0 fully saturated rings. The SMILES string of the molecule is CNCCN(C)Cc1nc(-c2cccs2)no1. The third kappa shape index (κ3) is 3.36. The van der Waals surface area contributed by atoms with E-state index in [0.29, 0.717) is 18.3 Å². The molecule has 5 nitrogen and oxygen atoms in total. The van der Waals surface area contributed by atoms with Crippen molar-refractivity contribution in [2.45, 2.75) is 6.54 Å². The van der Waals surface area contributed by atoms with Crippen molar-refractivity contribution in [1.29, 1.82) is 0 Å². The lowest BCUT2D eigenvalue weighted by molar-refractivity contribution is 0.268. The van der Waals surface area contributed by atoms with Gasteiger partial charge in [-0.05, 0) is 25.5 Å². The first-order chi connectivity index (χ1) is 8.29. The number of thiophene rings is 1. The molecule has 0 saturated carbocycles. The van der Waals surface area contributed by atoms with Gasteiger partial charge in [0.05, 0.1) is 11.4 Å². The van der Waals surface area contributed by atoms with E-state index in [1.807, 2.05) is 31.6 Å². The van der Waals surface area contributed by atoms with E-state index < -0.39 is 0 Å². The molecule has 2 heterocycles. The molecule has 92 valence electrons. The molecule has 0 amide bonds. The summed E-state index contributed by atoms with van der Waals surface area (Å²) in [4.78, 5) is 7.55. The molecule has 0 radical (unpaired) electrons. The average Bonchev–Trinajstić information content (AvgIpc) is 2.95. The summed E-state index contributed by atoms with van der Waals surface area (Å²) in [6.45, 7) is 2.58. The smallest absolute Gasteiger partial charge is 0.241 e. The second-order valence-electron chi connectivity index (χ2n) is 3.83. The van der Waals surface area contributed by atoms with Gasteiger partial charge < -0.3 is 9.84 Å². The summed E-state index contributed by atoms with van der Waals surface area (Å²) in [6, 6.07) is 3.97. The van der Waals surface area contributed by atoms with Crippen molar-refractivity contribution in [3.63, 3.8) is 0 Å². The minimum absolute atomic E-state index is 0.659.